The van der Waals surface area contributed by atoms with E-state index in [4.69, 9.17) is 14.2 Å². The Kier molecular flexibility index (Phi) is 4.88. The van der Waals surface area contributed by atoms with Crippen LogP contribution in [-0.2, 0) is 0 Å². The van der Waals surface area contributed by atoms with Crippen molar-refractivity contribution in [1.82, 2.24) is 0 Å². The molecule has 0 saturated heterocycles. The lowest BCUT2D eigenvalue weighted by molar-refractivity contribution is -0.134. The molecule has 0 aromatic heterocycles. The molecule has 4 rings (SSSR count). The van der Waals surface area contributed by atoms with E-state index in [1.54, 1.807) is 7.11 Å². The molecule has 2 fully saturated rings. The van der Waals surface area contributed by atoms with Gasteiger partial charge in [0.15, 0.2) is 11.5 Å². The number of ether oxygens (including phenoxy) is 3. The molecule has 5 atom stereocenters. The van der Waals surface area contributed by atoms with Gasteiger partial charge in [-0.25, -0.2) is 0 Å². The van der Waals surface area contributed by atoms with E-state index < -0.39 is 11.9 Å². The van der Waals surface area contributed by atoms with E-state index in [0.29, 0.717) is 34.5 Å². The van der Waals surface area contributed by atoms with Gasteiger partial charge in [-0.05, 0) is 53.9 Å². The Balaban J connectivity index is 1.74. The first-order chi connectivity index (χ1) is 13.5. The molecule has 1 N–H and O–H groups in total. The molecule has 4 nitrogen and oxygen atoms in total. The first-order valence-corrected chi connectivity index (χ1v) is 11.3. The van der Waals surface area contributed by atoms with Crippen LogP contribution in [0.5, 0.6) is 17.2 Å². The molecular weight excluding hydrogens is 364 g/mol. The average Bonchev–Trinajstić information content (AvgIpc) is 2.91. The molecule has 2 saturated carbocycles. The summed E-state index contributed by atoms with van der Waals surface area (Å²) in [7, 11) is 1.66. The highest BCUT2D eigenvalue weighted by Crippen LogP contribution is 2.64. The minimum Gasteiger partial charge on any atom is -0.496 e. The van der Waals surface area contributed by atoms with Gasteiger partial charge in [0.1, 0.15) is 5.75 Å². The molecular formula is C25H38O4. The van der Waals surface area contributed by atoms with Gasteiger partial charge in [0.25, 0.3) is 0 Å². The van der Waals surface area contributed by atoms with Crippen LogP contribution in [0.1, 0.15) is 85.3 Å². The smallest absolute Gasteiger partial charge is 0.246 e. The normalized spacial score (nSPS) is 35.7. The second kappa shape index (κ2) is 6.80. The first-order valence-electron chi connectivity index (χ1n) is 11.3. The Morgan fingerprint density at radius 2 is 1.69 bits per heavy atom. The second-order valence-electron chi connectivity index (χ2n) is 11.1. The largest absolute Gasteiger partial charge is 0.496 e. The highest BCUT2D eigenvalue weighted by Gasteiger charge is 2.56. The Labute approximate surface area is 175 Å². The van der Waals surface area contributed by atoms with Gasteiger partial charge in [-0.1, -0.05) is 40.5 Å². The topological polar surface area (TPSA) is 47.9 Å². The number of rotatable bonds is 3. The standard InChI is InChI=1S/C25H38O4/c1-15-9-10-20-23(2,3)11-8-12-25(20,6)21(15)22(26)16-13-18-19(14-17(16)27-7)29-24(4,5)28-18/h13-15,20-22,26H,8-12H2,1-7H3/t15-,20+,21?,22?,25+/m1/s1. The summed E-state index contributed by atoms with van der Waals surface area (Å²) in [5, 5.41) is 11.8. The number of fused-ring (bicyclic) bond motifs is 2. The lowest BCUT2D eigenvalue weighted by Gasteiger charge is -2.60. The van der Waals surface area contributed by atoms with Crippen LogP contribution in [0.15, 0.2) is 12.1 Å². The molecule has 0 bridgehead atoms. The van der Waals surface area contributed by atoms with Crippen LogP contribution in [0.4, 0.5) is 0 Å². The van der Waals surface area contributed by atoms with Crippen LogP contribution in [0.25, 0.3) is 0 Å². The maximum Gasteiger partial charge on any atom is 0.246 e. The van der Waals surface area contributed by atoms with Crippen molar-refractivity contribution in [2.45, 2.75) is 85.5 Å². The maximum atomic E-state index is 11.8. The van der Waals surface area contributed by atoms with Crippen molar-refractivity contribution in [3.8, 4) is 17.2 Å². The van der Waals surface area contributed by atoms with Crippen molar-refractivity contribution in [2.24, 2.45) is 28.6 Å². The number of aliphatic hydroxyl groups excluding tert-OH is 1. The Hall–Kier alpha value is -1.42. The Morgan fingerprint density at radius 3 is 2.34 bits per heavy atom. The van der Waals surface area contributed by atoms with Crippen molar-refractivity contribution < 1.29 is 19.3 Å². The van der Waals surface area contributed by atoms with E-state index in [-0.39, 0.29) is 11.3 Å². The number of hydrogen-bond donors (Lipinski definition) is 1. The summed E-state index contributed by atoms with van der Waals surface area (Å²) in [5.41, 5.74) is 1.28. The van der Waals surface area contributed by atoms with Crippen LogP contribution in [-0.4, -0.2) is 18.0 Å². The van der Waals surface area contributed by atoms with Crippen LogP contribution in [0, 0.1) is 28.6 Å². The quantitative estimate of drug-likeness (QED) is 0.662. The van der Waals surface area contributed by atoms with Gasteiger partial charge in [-0.15, -0.1) is 0 Å². The van der Waals surface area contributed by atoms with Gasteiger partial charge in [-0.3, -0.25) is 0 Å². The van der Waals surface area contributed by atoms with E-state index >= 15 is 0 Å². The van der Waals surface area contributed by atoms with E-state index in [2.05, 4.69) is 27.7 Å². The highest BCUT2D eigenvalue weighted by atomic mass is 16.7. The van der Waals surface area contributed by atoms with Crippen molar-refractivity contribution in [3.05, 3.63) is 17.7 Å². The molecule has 1 aliphatic heterocycles. The molecule has 0 amide bonds. The number of hydrogen-bond acceptors (Lipinski definition) is 4. The van der Waals surface area contributed by atoms with E-state index in [1.165, 1.54) is 32.1 Å². The summed E-state index contributed by atoms with van der Waals surface area (Å²) in [4.78, 5) is 0. The monoisotopic (exact) mass is 402 g/mol. The molecule has 1 heterocycles. The molecule has 2 unspecified atom stereocenters. The summed E-state index contributed by atoms with van der Waals surface area (Å²) in [6.45, 7) is 13.4. The summed E-state index contributed by atoms with van der Waals surface area (Å²) >= 11 is 0. The van der Waals surface area contributed by atoms with Crippen LogP contribution in [0.2, 0.25) is 0 Å². The zero-order chi connectivity index (χ0) is 21.2. The molecule has 29 heavy (non-hydrogen) atoms. The Morgan fingerprint density at radius 1 is 1.03 bits per heavy atom. The molecule has 2 aliphatic carbocycles. The minimum absolute atomic E-state index is 0.124. The summed E-state index contributed by atoms with van der Waals surface area (Å²) in [5.74, 6) is 2.67. The van der Waals surface area contributed by atoms with Crippen LogP contribution >= 0.6 is 0 Å². The van der Waals surface area contributed by atoms with Crippen molar-refractivity contribution >= 4 is 0 Å². The van der Waals surface area contributed by atoms with Crippen molar-refractivity contribution in [3.63, 3.8) is 0 Å². The molecule has 1 aromatic carbocycles. The average molecular weight is 403 g/mol. The lowest BCUT2D eigenvalue weighted by atomic mass is 9.45. The minimum atomic E-state index is -0.695. The third kappa shape index (κ3) is 3.32. The fraction of sp³-hybridized carbons (Fsp3) is 0.760. The summed E-state index contributed by atoms with van der Waals surface area (Å²) in [6, 6.07) is 3.82. The predicted molar refractivity (Wildman–Crippen MR) is 114 cm³/mol. The summed E-state index contributed by atoms with van der Waals surface area (Å²) in [6.07, 6.45) is 5.56. The fourth-order valence-corrected chi connectivity index (χ4v) is 7.08. The molecule has 3 aliphatic rings. The van der Waals surface area contributed by atoms with Crippen molar-refractivity contribution in [1.29, 1.82) is 0 Å². The zero-order valence-corrected chi connectivity index (χ0v) is 19.2. The Bertz CT molecular complexity index is 783. The third-order valence-corrected chi connectivity index (χ3v) is 8.23. The zero-order valence-electron chi connectivity index (χ0n) is 19.2. The molecule has 0 spiro atoms. The molecule has 1 aromatic rings. The number of methoxy groups -OCH3 is 1. The molecule has 4 heteroatoms. The predicted octanol–water partition coefficient (Wildman–Crippen LogP) is 6.11. The van der Waals surface area contributed by atoms with E-state index in [9.17, 15) is 5.11 Å². The maximum absolute atomic E-state index is 11.8. The summed E-state index contributed by atoms with van der Waals surface area (Å²) < 4.78 is 17.6. The van der Waals surface area contributed by atoms with Crippen molar-refractivity contribution in [2.75, 3.05) is 7.11 Å². The van der Waals surface area contributed by atoms with Gasteiger partial charge in [0.05, 0.1) is 13.2 Å². The lowest BCUT2D eigenvalue weighted by Crippen LogP contribution is -2.52. The SMILES string of the molecule is COc1cc2c(cc1C(O)C1[C@H](C)CC[C@H]3C(C)(C)CCC[C@]13C)OC(C)(C)O2. The van der Waals surface area contributed by atoms with Gasteiger partial charge in [0, 0.05) is 25.5 Å². The molecule has 0 radical (unpaired) electrons. The van der Waals surface area contributed by atoms with Gasteiger partial charge < -0.3 is 19.3 Å². The number of aliphatic hydroxyl groups is 1. The highest BCUT2D eigenvalue weighted by molar-refractivity contribution is 5.53. The van der Waals surface area contributed by atoms with E-state index in [1.807, 2.05) is 26.0 Å². The second-order valence-corrected chi connectivity index (χ2v) is 11.1. The third-order valence-electron chi connectivity index (χ3n) is 8.23. The first kappa shape index (κ1) is 20.8. The van der Waals surface area contributed by atoms with Gasteiger partial charge >= 0.3 is 0 Å². The van der Waals surface area contributed by atoms with Gasteiger partial charge in [-0.2, -0.15) is 0 Å². The van der Waals surface area contributed by atoms with Gasteiger partial charge in [0.2, 0.25) is 5.79 Å². The molecule has 162 valence electrons. The number of benzene rings is 1. The van der Waals surface area contributed by atoms with Crippen LogP contribution in [0.3, 0.4) is 0 Å². The fourth-order valence-electron chi connectivity index (χ4n) is 7.08. The van der Waals surface area contributed by atoms with E-state index in [0.717, 1.165) is 5.56 Å². The van der Waals surface area contributed by atoms with Crippen LogP contribution < -0.4 is 14.2 Å².